The number of ketones is 2. The molecule has 0 aromatic carbocycles. The molecule has 0 aromatic rings. The van der Waals surface area contributed by atoms with Gasteiger partial charge in [0.05, 0.1) is 24.4 Å². The van der Waals surface area contributed by atoms with E-state index >= 15 is 0 Å². The molecule has 74 heavy (non-hydrogen) atoms. The first kappa shape index (κ1) is 66.5. The molecule has 0 bridgehead atoms. The van der Waals surface area contributed by atoms with Crippen molar-refractivity contribution in [2.24, 2.45) is 28.6 Å². The van der Waals surface area contributed by atoms with Gasteiger partial charge < -0.3 is 34.6 Å². The highest BCUT2D eigenvalue weighted by molar-refractivity contribution is 5.92. The van der Waals surface area contributed by atoms with Gasteiger partial charge in [0.25, 0.3) is 0 Å². The van der Waals surface area contributed by atoms with Crippen LogP contribution in [0.5, 0.6) is 0 Å². The summed E-state index contributed by atoms with van der Waals surface area (Å²) in [5.74, 6) is 2.88. The SMILES string of the molecule is C#CCCCCCCCCCCCC(O)CC(O)COC(C)=O.C=CCCCCCCCCCCCC(O)CC(O)COC(C)=O.CC(=O)OC1(C(C)=O)CCC2C3C=C(C)C4=CC(=O)CCC4(C)C3CCC21C. The molecule has 0 radical (unpaired) electrons. The monoisotopic (exact) mass is 1040 g/mol. The first-order valence-corrected chi connectivity index (χ1v) is 28.8. The van der Waals surface area contributed by atoms with Crippen LogP contribution in [-0.2, 0) is 38.2 Å². The molecule has 4 aliphatic carbocycles. The van der Waals surface area contributed by atoms with Crippen molar-refractivity contribution < 1.29 is 58.6 Å². The first-order chi connectivity index (χ1) is 35.2. The van der Waals surface area contributed by atoms with Crippen LogP contribution < -0.4 is 0 Å². The van der Waals surface area contributed by atoms with Crippen LogP contribution >= 0.6 is 0 Å². The van der Waals surface area contributed by atoms with Gasteiger partial charge >= 0.3 is 17.9 Å². The van der Waals surface area contributed by atoms with Crippen molar-refractivity contribution >= 4 is 29.5 Å². The van der Waals surface area contributed by atoms with Gasteiger partial charge in [-0.2, -0.15) is 0 Å². The smallest absolute Gasteiger partial charge is 0.303 e. The van der Waals surface area contributed by atoms with Crippen LogP contribution in [0, 0.1) is 40.9 Å². The van der Waals surface area contributed by atoms with E-state index in [-0.39, 0.29) is 54.4 Å². The van der Waals surface area contributed by atoms with Gasteiger partial charge in [-0.25, -0.2) is 0 Å². The van der Waals surface area contributed by atoms with Crippen molar-refractivity contribution in [1.29, 1.82) is 0 Å². The number of esters is 3. The molecule has 422 valence electrons. The standard InChI is InChI=1S/C24H32O4.C19H36O4.C19H34O4/c1-14-12-18-19(22(4)9-6-17(27)13-21(14)22)7-10-23(5)20(18)8-11-24(23,15(2)25)28-16(3)26;2*1-3-4-5-6-7-8-9-10-11-12-13-14-18(21)15-19(22)16-23-17(2)20/h12-13,18-20H,6-11H2,1-5H3;3,18-19,21-22H,1,4-16H2,2H3;1,18-19,21-22H,4-16H2,2H3. The lowest BCUT2D eigenvalue weighted by Gasteiger charge is -2.58. The summed E-state index contributed by atoms with van der Waals surface area (Å²) in [5, 5.41) is 38.8. The van der Waals surface area contributed by atoms with E-state index in [1.807, 2.05) is 12.2 Å². The Morgan fingerprint density at radius 3 is 1.58 bits per heavy atom. The van der Waals surface area contributed by atoms with Gasteiger partial charge in [0, 0.05) is 51.9 Å². The lowest BCUT2D eigenvalue weighted by Crippen LogP contribution is -2.58. The summed E-state index contributed by atoms with van der Waals surface area (Å²) >= 11 is 0. The highest BCUT2D eigenvalue weighted by Crippen LogP contribution is 2.68. The summed E-state index contributed by atoms with van der Waals surface area (Å²) in [4.78, 5) is 58.0. The molecule has 12 heteroatoms. The molecule has 4 rings (SSSR count). The third-order valence-electron chi connectivity index (χ3n) is 16.7. The number of hydrogen-bond acceptors (Lipinski definition) is 12. The summed E-state index contributed by atoms with van der Waals surface area (Å²) in [6.07, 6.45) is 39.7. The normalized spacial score (nSPS) is 25.2. The molecule has 2 fully saturated rings. The van der Waals surface area contributed by atoms with Crippen molar-refractivity contribution in [3.63, 3.8) is 0 Å². The maximum atomic E-state index is 12.8. The number of ether oxygens (including phenoxy) is 3. The van der Waals surface area contributed by atoms with E-state index in [1.54, 1.807) is 6.92 Å². The molecule has 12 nitrogen and oxygen atoms in total. The number of fused-ring (bicyclic) bond motifs is 5. The van der Waals surface area contributed by atoms with Gasteiger partial charge in [0.1, 0.15) is 13.2 Å². The first-order valence-electron chi connectivity index (χ1n) is 28.8. The van der Waals surface area contributed by atoms with E-state index in [0.717, 1.165) is 70.6 Å². The topological polar surface area (TPSA) is 194 Å². The number of carbonyl (C=O) groups excluding carboxylic acids is 5. The fraction of sp³-hybridized carbons (Fsp3) is 0.790. The van der Waals surface area contributed by atoms with E-state index in [0.29, 0.717) is 43.4 Å². The molecular formula is C62H102O12. The molecule has 0 spiro atoms. The third kappa shape index (κ3) is 22.9. The summed E-state index contributed by atoms with van der Waals surface area (Å²) in [6, 6.07) is 0. The van der Waals surface area contributed by atoms with Gasteiger partial charge in [0.2, 0.25) is 0 Å². The van der Waals surface area contributed by atoms with Crippen molar-refractivity contribution in [3.05, 3.63) is 36.0 Å². The fourth-order valence-electron chi connectivity index (χ4n) is 12.7. The molecule has 0 heterocycles. The van der Waals surface area contributed by atoms with E-state index in [1.165, 1.54) is 115 Å². The number of rotatable bonds is 33. The lowest BCUT2D eigenvalue weighted by molar-refractivity contribution is -0.185. The van der Waals surface area contributed by atoms with Gasteiger partial charge in [-0.3, -0.25) is 24.0 Å². The Balaban J connectivity index is 0.000000384. The van der Waals surface area contributed by atoms with Crippen LogP contribution in [0.2, 0.25) is 0 Å². The molecular weight excluding hydrogens is 937 g/mol. The van der Waals surface area contributed by atoms with Crippen molar-refractivity contribution in [1.82, 2.24) is 0 Å². The predicted molar refractivity (Wildman–Crippen MR) is 294 cm³/mol. The fourth-order valence-corrected chi connectivity index (χ4v) is 12.7. The number of hydrogen-bond donors (Lipinski definition) is 4. The zero-order chi connectivity index (χ0) is 55.2. The highest BCUT2D eigenvalue weighted by Gasteiger charge is 2.67. The molecule has 0 aromatic heterocycles. The second-order valence-corrected chi connectivity index (χ2v) is 22.7. The minimum Gasteiger partial charge on any atom is -0.463 e. The summed E-state index contributed by atoms with van der Waals surface area (Å²) in [7, 11) is 0. The Kier molecular flexibility index (Phi) is 32.0. The molecule has 0 aliphatic heterocycles. The van der Waals surface area contributed by atoms with Crippen LogP contribution in [0.1, 0.15) is 241 Å². The zero-order valence-electron chi connectivity index (χ0n) is 47.2. The van der Waals surface area contributed by atoms with Crippen LogP contribution in [-0.4, -0.2) is 93.1 Å². The summed E-state index contributed by atoms with van der Waals surface area (Å²) < 4.78 is 15.2. The molecule has 2 saturated carbocycles. The average Bonchev–Trinajstić information content (AvgIpc) is 3.64. The maximum absolute atomic E-state index is 12.8. The van der Waals surface area contributed by atoms with Crippen LogP contribution in [0.25, 0.3) is 0 Å². The van der Waals surface area contributed by atoms with Crippen molar-refractivity contribution in [3.8, 4) is 12.3 Å². The number of terminal acetylenes is 1. The Morgan fingerprint density at radius 2 is 1.14 bits per heavy atom. The predicted octanol–water partition coefficient (Wildman–Crippen LogP) is 12.3. The number of aliphatic hydroxyl groups is 4. The van der Waals surface area contributed by atoms with E-state index in [4.69, 9.17) is 20.6 Å². The highest BCUT2D eigenvalue weighted by atomic mass is 16.6. The second kappa shape index (κ2) is 35.7. The summed E-state index contributed by atoms with van der Waals surface area (Å²) in [5.41, 5.74) is 1.15. The van der Waals surface area contributed by atoms with Gasteiger partial charge in [-0.1, -0.05) is 134 Å². The third-order valence-corrected chi connectivity index (χ3v) is 16.7. The van der Waals surface area contributed by atoms with Gasteiger partial charge in [-0.15, -0.1) is 18.9 Å². The van der Waals surface area contributed by atoms with E-state index in [2.05, 4.69) is 39.3 Å². The summed E-state index contributed by atoms with van der Waals surface area (Å²) in [6.45, 7) is 15.9. The molecule has 0 amide bonds. The molecule has 4 aliphatic rings. The average molecular weight is 1040 g/mol. The van der Waals surface area contributed by atoms with E-state index < -0.39 is 42.0 Å². The number of carbonyl (C=O) groups is 5. The maximum Gasteiger partial charge on any atom is 0.303 e. The molecule has 4 N–H and O–H groups in total. The largest absolute Gasteiger partial charge is 0.463 e. The molecule has 0 saturated heterocycles. The van der Waals surface area contributed by atoms with Gasteiger partial charge in [0.15, 0.2) is 17.2 Å². The molecule has 10 unspecified atom stereocenters. The Morgan fingerprint density at radius 1 is 0.676 bits per heavy atom. The Bertz CT molecular complexity index is 1810. The lowest BCUT2D eigenvalue weighted by atomic mass is 9.47. The number of allylic oxidation sites excluding steroid dienone is 5. The molecule has 10 atom stereocenters. The number of Topliss-reactive ketones (excluding diaryl/α,β-unsaturated/α-hetero) is 1. The van der Waals surface area contributed by atoms with Gasteiger partial charge in [-0.05, 0) is 113 Å². The van der Waals surface area contributed by atoms with Crippen LogP contribution in [0.3, 0.4) is 0 Å². The van der Waals surface area contributed by atoms with Crippen molar-refractivity contribution in [2.45, 2.75) is 271 Å². The second-order valence-electron chi connectivity index (χ2n) is 22.7. The minimum absolute atomic E-state index is 0.0160. The Hall–Kier alpha value is -3.63. The minimum atomic E-state index is -0.990. The number of unbranched alkanes of at least 4 members (excludes halogenated alkanes) is 18. The Labute approximate surface area is 447 Å². The number of aliphatic hydroxyl groups excluding tert-OH is 4. The van der Waals surface area contributed by atoms with E-state index in [9.17, 15) is 44.4 Å². The van der Waals surface area contributed by atoms with Crippen LogP contribution in [0.15, 0.2) is 36.0 Å². The van der Waals surface area contributed by atoms with Crippen LogP contribution in [0.4, 0.5) is 0 Å². The quantitative estimate of drug-likeness (QED) is 0.0160. The zero-order valence-corrected chi connectivity index (χ0v) is 47.2. The van der Waals surface area contributed by atoms with Crippen molar-refractivity contribution in [2.75, 3.05) is 13.2 Å².